The van der Waals surface area contributed by atoms with Crippen LogP contribution in [-0.2, 0) is 9.53 Å². The third kappa shape index (κ3) is 3.82. The van der Waals surface area contributed by atoms with Crippen LogP contribution in [0.2, 0.25) is 0 Å². The van der Waals surface area contributed by atoms with E-state index in [9.17, 15) is 4.79 Å². The van der Waals surface area contributed by atoms with Crippen LogP contribution in [0.15, 0.2) is 0 Å². The van der Waals surface area contributed by atoms with Gasteiger partial charge in [-0.25, -0.2) is 0 Å². The van der Waals surface area contributed by atoms with Crippen molar-refractivity contribution in [2.75, 3.05) is 6.54 Å². The van der Waals surface area contributed by atoms with E-state index in [0.717, 1.165) is 25.8 Å². The van der Waals surface area contributed by atoms with E-state index in [4.69, 9.17) is 4.74 Å². The summed E-state index contributed by atoms with van der Waals surface area (Å²) in [5.41, 5.74) is 0. The topological polar surface area (TPSA) is 29.5 Å². The number of hydrogen-bond donors (Lipinski definition) is 0. The Morgan fingerprint density at radius 1 is 1.47 bits per heavy atom. The molecule has 1 aliphatic rings. The van der Waals surface area contributed by atoms with Crippen LogP contribution < -0.4 is 0 Å². The molecule has 3 nitrogen and oxygen atoms in total. The van der Waals surface area contributed by atoms with Crippen LogP contribution in [0.5, 0.6) is 0 Å². The SMILES string of the molecule is CCCC(=O)N1CCCCC1OC(C)C. The van der Waals surface area contributed by atoms with Gasteiger partial charge in [-0.2, -0.15) is 0 Å². The van der Waals surface area contributed by atoms with Crippen molar-refractivity contribution in [2.45, 2.75) is 65.2 Å². The molecule has 1 rings (SSSR count). The highest BCUT2D eigenvalue weighted by Crippen LogP contribution is 2.20. The van der Waals surface area contributed by atoms with Gasteiger partial charge in [-0.3, -0.25) is 4.79 Å². The maximum absolute atomic E-state index is 11.8. The number of piperidine rings is 1. The normalized spacial score (nSPS) is 22.1. The minimum absolute atomic E-state index is 0.0257. The Hall–Kier alpha value is -0.570. The highest BCUT2D eigenvalue weighted by molar-refractivity contribution is 5.76. The monoisotopic (exact) mass is 213 g/mol. The van der Waals surface area contributed by atoms with Gasteiger partial charge in [0, 0.05) is 13.0 Å². The molecular formula is C12H23NO2. The molecule has 0 aromatic heterocycles. The summed E-state index contributed by atoms with van der Waals surface area (Å²) in [5, 5.41) is 0. The lowest BCUT2D eigenvalue weighted by Gasteiger charge is -2.36. The molecule has 1 atom stereocenters. The quantitative estimate of drug-likeness (QED) is 0.718. The Morgan fingerprint density at radius 2 is 2.20 bits per heavy atom. The summed E-state index contributed by atoms with van der Waals surface area (Å²) < 4.78 is 5.78. The number of rotatable bonds is 4. The number of nitrogens with zero attached hydrogens (tertiary/aromatic N) is 1. The molecule has 0 aromatic rings. The fourth-order valence-electron chi connectivity index (χ4n) is 2.00. The minimum Gasteiger partial charge on any atom is -0.356 e. The summed E-state index contributed by atoms with van der Waals surface area (Å²) in [5.74, 6) is 0.253. The Balaban J connectivity index is 2.52. The van der Waals surface area contributed by atoms with Gasteiger partial charge < -0.3 is 9.64 Å². The van der Waals surface area contributed by atoms with E-state index in [1.54, 1.807) is 0 Å². The van der Waals surface area contributed by atoms with Crippen LogP contribution in [0.1, 0.15) is 52.9 Å². The van der Waals surface area contributed by atoms with E-state index in [0.29, 0.717) is 6.42 Å². The molecule has 88 valence electrons. The van der Waals surface area contributed by atoms with Gasteiger partial charge in [-0.15, -0.1) is 0 Å². The Kier molecular flexibility index (Phi) is 5.09. The number of hydrogen-bond acceptors (Lipinski definition) is 2. The first-order valence-corrected chi connectivity index (χ1v) is 6.10. The zero-order valence-electron chi connectivity index (χ0n) is 10.2. The Bertz CT molecular complexity index is 204. The maximum Gasteiger partial charge on any atom is 0.224 e. The van der Waals surface area contributed by atoms with Gasteiger partial charge in [0.2, 0.25) is 5.91 Å². The van der Waals surface area contributed by atoms with Gasteiger partial charge in [0.25, 0.3) is 0 Å². The average Bonchev–Trinajstić information content (AvgIpc) is 2.18. The van der Waals surface area contributed by atoms with Crippen molar-refractivity contribution in [3.8, 4) is 0 Å². The van der Waals surface area contributed by atoms with Crippen LogP contribution in [0.4, 0.5) is 0 Å². The molecule has 0 saturated carbocycles. The minimum atomic E-state index is 0.0257. The fraction of sp³-hybridized carbons (Fsp3) is 0.917. The number of carbonyl (C=O) groups is 1. The number of ether oxygens (including phenoxy) is 1. The smallest absolute Gasteiger partial charge is 0.224 e. The van der Waals surface area contributed by atoms with Gasteiger partial charge in [-0.1, -0.05) is 6.92 Å². The van der Waals surface area contributed by atoms with Crippen molar-refractivity contribution in [2.24, 2.45) is 0 Å². The number of carbonyl (C=O) groups excluding carboxylic acids is 1. The molecule has 1 aliphatic heterocycles. The second-order valence-electron chi connectivity index (χ2n) is 4.47. The van der Waals surface area contributed by atoms with Crippen LogP contribution in [0, 0.1) is 0 Å². The first kappa shape index (κ1) is 12.5. The molecule has 0 aliphatic carbocycles. The summed E-state index contributed by atoms with van der Waals surface area (Å²) >= 11 is 0. The summed E-state index contributed by atoms with van der Waals surface area (Å²) in [7, 11) is 0. The molecule has 1 amide bonds. The third-order valence-electron chi connectivity index (χ3n) is 2.66. The Labute approximate surface area is 92.8 Å². The molecule has 0 bridgehead atoms. The first-order chi connectivity index (χ1) is 7.15. The predicted octanol–water partition coefficient (Wildman–Crippen LogP) is 2.55. The molecule has 0 spiro atoms. The van der Waals surface area contributed by atoms with Crippen molar-refractivity contribution >= 4 is 5.91 Å². The second-order valence-corrected chi connectivity index (χ2v) is 4.47. The van der Waals surface area contributed by atoms with E-state index in [2.05, 4.69) is 0 Å². The summed E-state index contributed by atoms with van der Waals surface area (Å²) in [4.78, 5) is 13.8. The standard InChI is InChI=1S/C12H23NO2/c1-4-7-11(14)13-9-6-5-8-12(13)15-10(2)3/h10,12H,4-9H2,1-3H3. The summed E-state index contributed by atoms with van der Waals surface area (Å²) in [6, 6.07) is 0. The van der Waals surface area contributed by atoms with E-state index in [1.165, 1.54) is 6.42 Å². The van der Waals surface area contributed by atoms with Crippen LogP contribution in [-0.4, -0.2) is 29.7 Å². The zero-order valence-corrected chi connectivity index (χ0v) is 10.2. The van der Waals surface area contributed by atoms with E-state index < -0.39 is 0 Å². The average molecular weight is 213 g/mol. The molecular weight excluding hydrogens is 190 g/mol. The molecule has 1 unspecified atom stereocenters. The highest BCUT2D eigenvalue weighted by atomic mass is 16.5. The molecule has 3 heteroatoms. The second kappa shape index (κ2) is 6.11. The first-order valence-electron chi connectivity index (χ1n) is 6.10. The van der Waals surface area contributed by atoms with Crippen LogP contribution in [0.25, 0.3) is 0 Å². The van der Waals surface area contributed by atoms with E-state index in [1.807, 2.05) is 25.7 Å². The van der Waals surface area contributed by atoms with E-state index >= 15 is 0 Å². The van der Waals surface area contributed by atoms with Crippen molar-refractivity contribution in [1.29, 1.82) is 0 Å². The molecule has 0 radical (unpaired) electrons. The third-order valence-corrected chi connectivity index (χ3v) is 2.66. The molecule has 1 heterocycles. The molecule has 1 saturated heterocycles. The highest BCUT2D eigenvalue weighted by Gasteiger charge is 2.27. The zero-order chi connectivity index (χ0) is 11.3. The lowest BCUT2D eigenvalue weighted by Crippen LogP contribution is -2.46. The number of likely N-dealkylation sites (tertiary alicyclic amines) is 1. The van der Waals surface area contributed by atoms with Gasteiger partial charge >= 0.3 is 0 Å². The lowest BCUT2D eigenvalue weighted by molar-refractivity contribution is -0.155. The van der Waals surface area contributed by atoms with Crippen molar-refractivity contribution in [1.82, 2.24) is 4.90 Å². The van der Waals surface area contributed by atoms with Gasteiger partial charge in [0.15, 0.2) is 0 Å². The van der Waals surface area contributed by atoms with Gasteiger partial charge in [0.05, 0.1) is 6.10 Å². The summed E-state index contributed by atoms with van der Waals surface area (Å²) in [6.45, 7) is 6.96. The molecule has 1 fully saturated rings. The van der Waals surface area contributed by atoms with Crippen molar-refractivity contribution < 1.29 is 9.53 Å². The van der Waals surface area contributed by atoms with Crippen LogP contribution in [0.3, 0.4) is 0 Å². The fourth-order valence-corrected chi connectivity index (χ4v) is 2.00. The predicted molar refractivity (Wildman–Crippen MR) is 60.5 cm³/mol. The largest absolute Gasteiger partial charge is 0.356 e. The van der Waals surface area contributed by atoms with Crippen LogP contribution >= 0.6 is 0 Å². The van der Waals surface area contributed by atoms with Gasteiger partial charge in [-0.05, 0) is 39.5 Å². The summed E-state index contributed by atoms with van der Waals surface area (Å²) in [6.07, 6.45) is 5.08. The Morgan fingerprint density at radius 3 is 2.80 bits per heavy atom. The molecule has 0 N–H and O–H groups in total. The molecule has 0 aromatic carbocycles. The molecule has 15 heavy (non-hydrogen) atoms. The lowest BCUT2D eigenvalue weighted by atomic mass is 10.1. The van der Waals surface area contributed by atoms with E-state index in [-0.39, 0.29) is 18.2 Å². The van der Waals surface area contributed by atoms with Crippen molar-refractivity contribution in [3.63, 3.8) is 0 Å². The van der Waals surface area contributed by atoms with Crippen molar-refractivity contribution in [3.05, 3.63) is 0 Å². The maximum atomic E-state index is 11.8. The number of amides is 1. The van der Waals surface area contributed by atoms with Gasteiger partial charge in [0.1, 0.15) is 6.23 Å².